The van der Waals surface area contributed by atoms with E-state index in [9.17, 15) is 4.79 Å². The van der Waals surface area contributed by atoms with Crippen LogP contribution in [0.3, 0.4) is 0 Å². The van der Waals surface area contributed by atoms with Gasteiger partial charge in [0, 0.05) is 17.4 Å². The summed E-state index contributed by atoms with van der Waals surface area (Å²) in [5.74, 6) is -0.120. The Balaban J connectivity index is 1.51. The molecule has 0 aliphatic carbocycles. The van der Waals surface area contributed by atoms with Gasteiger partial charge in [0.05, 0.1) is 10.2 Å². The molecule has 4 aromatic rings. The molecule has 2 aromatic carbocycles. The number of rotatable bonds is 3. The van der Waals surface area contributed by atoms with E-state index < -0.39 is 0 Å². The Hall–Kier alpha value is -2.86. The number of aromatic nitrogens is 2. The number of carbonyl (C=O) groups is 1. The number of hydrogen-bond acceptors (Lipinski definition) is 4. The second kappa shape index (κ2) is 5.40. The molecule has 4 N–H and O–H groups in total. The number of H-pyrrole nitrogens is 1. The maximum Gasteiger partial charge on any atom is 0.267 e. The summed E-state index contributed by atoms with van der Waals surface area (Å²) in [6.07, 6.45) is 0. The quantitative estimate of drug-likeness (QED) is 0.541. The molecule has 2 heterocycles. The lowest BCUT2D eigenvalue weighted by Crippen LogP contribution is -2.22. The summed E-state index contributed by atoms with van der Waals surface area (Å²) in [5.41, 5.74) is 9.14. The Labute approximate surface area is 136 Å². The molecule has 0 aliphatic rings. The van der Waals surface area contributed by atoms with Gasteiger partial charge >= 0.3 is 0 Å². The third-order valence-electron chi connectivity index (χ3n) is 3.70. The van der Waals surface area contributed by atoms with E-state index in [0.29, 0.717) is 17.4 Å². The van der Waals surface area contributed by atoms with E-state index in [1.54, 1.807) is 0 Å². The third kappa shape index (κ3) is 2.64. The summed E-state index contributed by atoms with van der Waals surface area (Å²) in [5, 5.41) is 4.51. The molecule has 0 saturated heterocycles. The Bertz CT molecular complexity index is 985. The van der Waals surface area contributed by atoms with Crippen LogP contribution in [0.1, 0.15) is 16.1 Å². The van der Waals surface area contributed by atoms with Crippen molar-refractivity contribution in [3.63, 3.8) is 0 Å². The molecule has 0 fully saturated rings. The number of thiazole rings is 1. The first-order valence-electron chi connectivity index (χ1n) is 7.20. The van der Waals surface area contributed by atoms with Crippen LogP contribution in [0, 0.1) is 0 Å². The molecule has 6 heteroatoms. The standard InChI is InChI=1S/C17H14N4OS/c18-17-21-13-6-5-10(7-15(13)23-17)9-19-16(22)14-8-11-3-1-2-4-12(11)20-14/h1-8,20H,9H2,(H2,18,21)(H,19,22). The zero-order valence-corrected chi connectivity index (χ0v) is 13.0. The largest absolute Gasteiger partial charge is 0.375 e. The van der Waals surface area contributed by atoms with Crippen molar-refractivity contribution in [2.24, 2.45) is 0 Å². The smallest absolute Gasteiger partial charge is 0.267 e. The molecule has 2 aromatic heterocycles. The van der Waals surface area contributed by atoms with Crippen LogP contribution >= 0.6 is 11.3 Å². The number of aromatic amines is 1. The molecule has 0 radical (unpaired) electrons. The Morgan fingerprint density at radius 2 is 2.09 bits per heavy atom. The highest BCUT2D eigenvalue weighted by Crippen LogP contribution is 2.24. The number of carbonyl (C=O) groups excluding carboxylic acids is 1. The Morgan fingerprint density at radius 3 is 2.96 bits per heavy atom. The molecule has 0 spiro atoms. The molecule has 0 unspecified atom stereocenters. The number of fused-ring (bicyclic) bond motifs is 2. The van der Waals surface area contributed by atoms with Gasteiger partial charge in [0.1, 0.15) is 5.69 Å². The molecule has 4 rings (SSSR count). The monoisotopic (exact) mass is 322 g/mol. The van der Waals surface area contributed by atoms with Crippen LogP contribution in [0.5, 0.6) is 0 Å². The number of amides is 1. The number of benzene rings is 2. The van der Waals surface area contributed by atoms with Crippen LogP contribution < -0.4 is 11.1 Å². The zero-order chi connectivity index (χ0) is 15.8. The van der Waals surface area contributed by atoms with Crippen LogP contribution in [-0.2, 0) is 6.54 Å². The highest BCUT2D eigenvalue weighted by Gasteiger charge is 2.09. The van der Waals surface area contributed by atoms with Crippen LogP contribution in [0.15, 0.2) is 48.5 Å². The average molecular weight is 322 g/mol. The van der Waals surface area contributed by atoms with E-state index in [2.05, 4.69) is 15.3 Å². The highest BCUT2D eigenvalue weighted by molar-refractivity contribution is 7.22. The van der Waals surface area contributed by atoms with Gasteiger partial charge in [-0.25, -0.2) is 4.98 Å². The zero-order valence-electron chi connectivity index (χ0n) is 12.2. The molecule has 0 aliphatic heterocycles. The predicted molar refractivity (Wildman–Crippen MR) is 93.5 cm³/mol. The first kappa shape index (κ1) is 13.8. The first-order chi connectivity index (χ1) is 11.2. The summed E-state index contributed by atoms with van der Waals surface area (Å²) in [4.78, 5) is 19.6. The lowest BCUT2D eigenvalue weighted by molar-refractivity contribution is 0.0947. The van der Waals surface area contributed by atoms with Crippen LogP contribution in [0.4, 0.5) is 5.13 Å². The molecule has 0 atom stereocenters. The van der Waals surface area contributed by atoms with Gasteiger partial charge in [-0.2, -0.15) is 0 Å². The van der Waals surface area contributed by atoms with Gasteiger partial charge in [-0.3, -0.25) is 4.79 Å². The lowest BCUT2D eigenvalue weighted by Gasteiger charge is -2.04. The Morgan fingerprint density at radius 1 is 1.22 bits per heavy atom. The molecule has 1 amide bonds. The van der Waals surface area contributed by atoms with Crippen molar-refractivity contribution in [2.45, 2.75) is 6.54 Å². The summed E-state index contributed by atoms with van der Waals surface area (Å²) < 4.78 is 1.03. The fourth-order valence-electron chi connectivity index (χ4n) is 2.57. The van der Waals surface area contributed by atoms with Crippen LogP contribution in [0.2, 0.25) is 0 Å². The number of anilines is 1. The van der Waals surface area contributed by atoms with Crippen molar-refractivity contribution in [2.75, 3.05) is 5.73 Å². The summed E-state index contributed by atoms with van der Waals surface area (Å²) >= 11 is 1.45. The number of nitrogens with two attached hydrogens (primary N) is 1. The third-order valence-corrected chi connectivity index (χ3v) is 4.54. The minimum absolute atomic E-state index is 0.120. The van der Waals surface area contributed by atoms with Crippen LogP contribution in [0.25, 0.3) is 21.1 Å². The normalized spacial score (nSPS) is 11.1. The SMILES string of the molecule is Nc1nc2ccc(CNC(=O)c3cc4ccccc4[nH]3)cc2s1. The number of para-hydroxylation sites is 1. The molecule has 0 bridgehead atoms. The van der Waals surface area contributed by atoms with Gasteiger partial charge < -0.3 is 16.0 Å². The number of nitrogens with one attached hydrogen (secondary N) is 2. The number of nitrogens with zero attached hydrogens (tertiary/aromatic N) is 1. The van der Waals surface area contributed by atoms with E-state index in [1.807, 2.05) is 48.5 Å². The van der Waals surface area contributed by atoms with Crippen LogP contribution in [-0.4, -0.2) is 15.9 Å². The topological polar surface area (TPSA) is 83.8 Å². The fraction of sp³-hybridized carbons (Fsp3) is 0.0588. The molecule has 23 heavy (non-hydrogen) atoms. The fourth-order valence-corrected chi connectivity index (χ4v) is 3.37. The first-order valence-corrected chi connectivity index (χ1v) is 8.01. The Kier molecular flexibility index (Phi) is 3.24. The second-order valence-electron chi connectivity index (χ2n) is 5.31. The van der Waals surface area contributed by atoms with E-state index in [1.165, 1.54) is 11.3 Å². The number of nitrogen functional groups attached to an aromatic ring is 1. The second-order valence-corrected chi connectivity index (χ2v) is 6.37. The van der Waals surface area contributed by atoms with E-state index in [-0.39, 0.29) is 5.91 Å². The van der Waals surface area contributed by atoms with Crippen molar-refractivity contribution < 1.29 is 4.79 Å². The van der Waals surface area contributed by atoms with Crippen molar-refractivity contribution >= 4 is 43.5 Å². The lowest BCUT2D eigenvalue weighted by atomic mass is 10.2. The van der Waals surface area contributed by atoms with Gasteiger partial charge in [-0.15, -0.1) is 0 Å². The van der Waals surface area contributed by atoms with Gasteiger partial charge in [-0.1, -0.05) is 35.6 Å². The van der Waals surface area contributed by atoms with Gasteiger partial charge in [0.15, 0.2) is 5.13 Å². The molecular weight excluding hydrogens is 308 g/mol. The number of hydrogen-bond donors (Lipinski definition) is 3. The summed E-state index contributed by atoms with van der Waals surface area (Å²) in [7, 11) is 0. The van der Waals surface area contributed by atoms with Gasteiger partial charge in [0.2, 0.25) is 0 Å². The molecule has 114 valence electrons. The van der Waals surface area contributed by atoms with E-state index >= 15 is 0 Å². The van der Waals surface area contributed by atoms with Crippen molar-refractivity contribution in [3.05, 3.63) is 59.8 Å². The minimum Gasteiger partial charge on any atom is -0.375 e. The molecule has 5 nitrogen and oxygen atoms in total. The molecular formula is C17H14N4OS. The maximum atomic E-state index is 12.3. The minimum atomic E-state index is -0.120. The van der Waals surface area contributed by atoms with Crippen molar-refractivity contribution in [1.82, 2.24) is 15.3 Å². The van der Waals surface area contributed by atoms with Crippen molar-refractivity contribution in [3.8, 4) is 0 Å². The van der Waals surface area contributed by atoms with Gasteiger partial charge in [-0.05, 0) is 29.8 Å². The summed E-state index contributed by atoms with van der Waals surface area (Å²) in [6.45, 7) is 0.460. The van der Waals surface area contributed by atoms with Crippen molar-refractivity contribution in [1.29, 1.82) is 0 Å². The average Bonchev–Trinajstić information content (AvgIpc) is 3.14. The van der Waals surface area contributed by atoms with Gasteiger partial charge in [0.25, 0.3) is 5.91 Å². The predicted octanol–water partition coefficient (Wildman–Crippen LogP) is 3.29. The van der Waals surface area contributed by atoms with E-state index in [0.717, 1.165) is 26.7 Å². The molecule has 0 saturated carbocycles. The highest BCUT2D eigenvalue weighted by atomic mass is 32.1. The van der Waals surface area contributed by atoms with E-state index in [4.69, 9.17) is 5.73 Å². The summed E-state index contributed by atoms with van der Waals surface area (Å²) in [6, 6.07) is 15.6. The maximum absolute atomic E-state index is 12.3.